The van der Waals surface area contributed by atoms with Crippen LogP contribution in [0.2, 0.25) is 0 Å². The summed E-state index contributed by atoms with van der Waals surface area (Å²) in [7, 11) is -3.89. The van der Waals surface area contributed by atoms with Crippen molar-refractivity contribution in [1.29, 1.82) is 0 Å². The smallest absolute Gasteiger partial charge is 0.306 e. The zero-order valence-electron chi connectivity index (χ0n) is 28.1. The molecule has 0 radical (unpaired) electrons. The maximum Gasteiger partial charge on any atom is 0.306 e. The number of carbonyl (C=O) groups excluding carboxylic acids is 3. The second kappa shape index (κ2) is 17.5. The van der Waals surface area contributed by atoms with Crippen molar-refractivity contribution in [3.8, 4) is 0 Å². The Morgan fingerprint density at radius 2 is 1.51 bits per heavy atom. The van der Waals surface area contributed by atoms with Crippen molar-refractivity contribution in [2.45, 2.75) is 76.7 Å². The molecule has 12 nitrogen and oxygen atoms in total. The number of nitrogens with one attached hydrogen (secondary N) is 1. The number of rotatable bonds is 18. The zero-order valence-corrected chi connectivity index (χ0v) is 28.9. The normalized spacial score (nSPS) is 12.8. The number of sulfone groups is 1. The lowest BCUT2D eigenvalue weighted by Gasteiger charge is -2.23. The molecule has 2 atom stereocenters. The van der Waals surface area contributed by atoms with E-state index in [9.17, 15) is 32.9 Å². The number of hydrogen-bond acceptors (Lipinski definition) is 10. The fourth-order valence-electron chi connectivity index (χ4n) is 5.10. The molecule has 2 aromatic carbocycles. The minimum atomic E-state index is -3.89. The number of Topliss-reactive ketones (excluding diaryl/α,β-unsaturated/α-hetero) is 1. The average molecular weight is 693 g/mol. The maximum absolute atomic E-state index is 13.8. The van der Waals surface area contributed by atoms with Crippen molar-refractivity contribution in [1.82, 2.24) is 10.3 Å². The number of carbonyl (C=O) groups is 3. The summed E-state index contributed by atoms with van der Waals surface area (Å²) in [5, 5.41) is 13.8. The van der Waals surface area contributed by atoms with Gasteiger partial charge in [-0.1, -0.05) is 43.0 Å². The van der Waals surface area contributed by atoms with Crippen LogP contribution in [-0.4, -0.2) is 53.4 Å². The largest absolute Gasteiger partial charge is 0.460 e. The first-order valence-electron chi connectivity index (χ1n) is 15.9. The number of benzene rings is 2. The highest BCUT2D eigenvalue weighted by atomic mass is 32.2. The van der Waals surface area contributed by atoms with Crippen LogP contribution in [-0.2, 0) is 47.6 Å². The van der Waals surface area contributed by atoms with E-state index in [4.69, 9.17) is 10.5 Å². The van der Waals surface area contributed by atoms with Gasteiger partial charge >= 0.3 is 5.97 Å². The molecule has 3 rings (SSSR count). The number of ketones is 1. The standard InChI is InChI=1S/C36H44N4O8S/c1-25(37)29-11-5-26(6-12-29)10-17-33(41)32(16-18-34(42)48-36(2,3)4)39-35(43)30(13-7-27-19-21-38-22-20-27)24-49(46,47)23-28-8-14-31(15-9-28)40(44)45/h5-6,8-9,11-12,14-15,19-22,30,32H,1,7,10,13,16-18,23-24,37H2,2-4H3,(H,39,43)/t30-,32-/m0/s1. The Kier molecular flexibility index (Phi) is 13.7. The minimum Gasteiger partial charge on any atom is -0.460 e. The molecule has 3 N–H and O–H groups in total. The summed E-state index contributed by atoms with van der Waals surface area (Å²) in [6.45, 7) is 8.90. The summed E-state index contributed by atoms with van der Waals surface area (Å²) in [6.07, 6.45) is 3.98. The molecule has 0 bridgehead atoms. The van der Waals surface area contributed by atoms with Crippen molar-refractivity contribution in [2.24, 2.45) is 11.7 Å². The van der Waals surface area contributed by atoms with Crippen molar-refractivity contribution in [3.05, 3.63) is 112 Å². The fraction of sp³-hybridized carbons (Fsp3) is 0.389. The fourth-order valence-corrected chi connectivity index (χ4v) is 6.85. The molecule has 49 heavy (non-hydrogen) atoms. The van der Waals surface area contributed by atoms with Gasteiger partial charge in [0.15, 0.2) is 15.6 Å². The van der Waals surface area contributed by atoms with Gasteiger partial charge < -0.3 is 15.8 Å². The Labute approximate surface area is 287 Å². The summed E-state index contributed by atoms with van der Waals surface area (Å²) in [4.78, 5) is 54.4. The Hall–Kier alpha value is -4.91. The summed E-state index contributed by atoms with van der Waals surface area (Å²) >= 11 is 0. The summed E-state index contributed by atoms with van der Waals surface area (Å²) in [6, 6.07) is 14.9. The van der Waals surface area contributed by atoms with E-state index in [1.165, 1.54) is 24.3 Å². The van der Waals surface area contributed by atoms with E-state index in [0.29, 0.717) is 24.1 Å². The molecule has 1 heterocycles. The average Bonchev–Trinajstić information content (AvgIpc) is 3.03. The van der Waals surface area contributed by atoms with E-state index in [1.54, 1.807) is 57.4 Å². The maximum atomic E-state index is 13.8. The number of ether oxygens (including phenoxy) is 1. The van der Waals surface area contributed by atoms with Crippen LogP contribution < -0.4 is 11.1 Å². The van der Waals surface area contributed by atoms with Crippen LogP contribution in [0.4, 0.5) is 5.69 Å². The predicted molar refractivity (Wildman–Crippen MR) is 187 cm³/mol. The Balaban J connectivity index is 1.80. The third kappa shape index (κ3) is 13.6. The lowest BCUT2D eigenvalue weighted by molar-refractivity contribution is -0.384. The first kappa shape index (κ1) is 38.5. The molecule has 3 aromatic rings. The van der Waals surface area contributed by atoms with Crippen LogP contribution in [0, 0.1) is 16.0 Å². The van der Waals surface area contributed by atoms with Gasteiger partial charge in [-0.05, 0) is 80.8 Å². The number of amides is 1. The molecule has 0 aliphatic heterocycles. The third-order valence-corrected chi connectivity index (χ3v) is 9.32. The lowest BCUT2D eigenvalue weighted by atomic mass is 9.97. The monoisotopic (exact) mass is 692 g/mol. The van der Waals surface area contributed by atoms with Crippen LogP contribution in [0.15, 0.2) is 79.6 Å². The van der Waals surface area contributed by atoms with Crippen LogP contribution >= 0.6 is 0 Å². The third-order valence-electron chi connectivity index (χ3n) is 7.64. The van der Waals surface area contributed by atoms with Gasteiger partial charge in [0.05, 0.1) is 28.4 Å². The molecule has 1 amide bonds. The van der Waals surface area contributed by atoms with E-state index in [1.807, 2.05) is 12.1 Å². The highest BCUT2D eigenvalue weighted by molar-refractivity contribution is 7.90. The highest BCUT2D eigenvalue weighted by Gasteiger charge is 2.30. The van der Waals surface area contributed by atoms with Crippen LogP contribution in [0.3, 0.4) is 0 Å². The summed E-state index contributed by atoms with van der Waals surface area (Å²) in [5.41, 5.74) is 8.07. The summed E-state index contributed by atoms with van der Waals surface area (Å²) in [5.74, 6) is -3.46. The first-order valence-corrected chi connectivity index (χ1v) is 17.7. The second-order valence-corrected chi connectivity index (χ2v) is 15.1. The molecule has 1 aromatic heterocycles. The molecular weight excluding hydrogens is 648 g/mol. The van der Waals surface area contributed by atoms with Gasteiger partial charge in [-0.3, -0.25) is 29.5 Å². The van der Waals surface area contributed by atoms with Gasteiger partial charge in [-0.25, -0.2) is 8.42 Å². The van der Waals surface area contributed by atoms with E-state index in [0.717, 1.165) is 16.7 Å². The predicted octanol–water partition coefficient (Wildman–Crippen LogP) is 4.89. The number of aromatic nitrogens is 1. The Bertz CT molecular complexity index is 1720. The van der Waals surface area contributed by atoms with Crippen molar-refractivity contribution >= 4 is 38.9 Å². The number of hydrogen-bond donors (Lipinski definition) is 2. The van der Waals surface area contributed by atoms with E-state index < -0.39 is 55.7 Å². The van der Waals surface area contributed by atoms with Gasteiger partial charge in [0.2, 0.25) is 5.91 Å². The highest BCUT2D eigenvalue weighted by Crippen LogP contribution is 2.20. The Morgan fingerprint density at radius 1 is 0.918 bits per heavy atom. The molecular formula is C36H44N4O8S. The van der Waals surface area contributed by atoms with Crippen LogP contribution in [0.5, 0.6) is 0 Å². The number of pyridine rings is 1. The van der Waals surface area contributed by atoms with E-state index >= 15 is 0 Å². The SMILES string of the molecule is C=C(N)c1ccc(CCC(=O)[C@H](CCC(=O)OC(C)(C)C)NC(=O)[C@@H](CCc2ccncc2)CS(=O)(=O)Cc2ccc([N+](=O)[O-])cc2)cc1. The molecule has 0 saturated carbocycles. The number of non-ortho nitro benzene ring substituents is 1. The number of esters is 1. The molecule has 262 valence electrons. The molecule has 0 fully saturated rings. The van der Waals surface area contributed by atoms with Gasteiger partial charge in [-0.15, -0.1) is 0 Å². The van der Waals surface area contributed by atoms with Gasteiger partial charge in [0.25, 0.3) is 5.69 Å². The second-order valence-electron chi connectivity index (χ2n) is 12.9. The number of aryl methyl sites for hydroxylation is 2. The van der Waals surface area contributed by atoms with E-state index in [2.05, 4.69) is 16.9 Å². The van der Waals surface area contributed by atoms with Crippen molar-refractivity contribution in [3.63, 3.8) is 0 Å². The number of nitrogens with two attached hydrogens (primary N) is 1. The number of nitrogens with zero attached hydrogens (tertiary/aromatic N) is 2. The molecule has 0 aliphatic carbocycles. The number of nitro groups is 1. The summed E-state index contributed by atoms with van der Waals surface area (Å²) < 4.78 is 32.2. The van der Waals surface area contributed by atoms with Gasteiger partial charge in [0, 0.05) is 43.1 Å². The van der Waals surface area contributed by atoms with Crippen LogP contribution in [0.1, 0.15) is 68.7 Å². The Morgan fingerprint density at radius 3 is 2.08 bits per heavy atom. The van der Waals surface area contributed by atoms with Crippen molar-refractivity contribution < 1.29 is 32.5 Å². The first-order chi connectivity index (χ1) is 23.0. The topological polar surface area (TPSA) is 189 Å². The van der Waals surface area contributed by atoms with E-state index in [-0.39, 0.29) is 37.2 Å². The van der Waals surface area contributed by atoms with Crippen LogP contribution in [0.25, 0.3) is 5.70 Å². The lowest BCUT2D eigenvalue weighted by Crippen LogP contribution is -2.45. The zero-order chi connectivity index (χ0) is 36.2. The van der Waals surface area contributed by atoms with Crippen molar-refractivity contribution in [2.75, 3.05) is 5.75 Å². The molecule has 0 saturated heterocycles. The minimum absolute atomic E-state index is 0.0297. The molecule has 13 heteroatoms. The molecule has 0 unspecified atom stereocenters. The molecule has 0 spiro atoms. The number of nitro benzene ring substituents is 1. The van der Waals surface area contributed by atoms with Gasteiger partial charge in [0.1, 0.15) is 5.60 Å². The van der Waals surface area contributed by atoms with Gasteiger partial charge in [-0.2, -0.15) is 0 Å². The quantitative estimate of drug-likeness (QED) is 0.105. The molecule has 0 aliphatic rings.